The number of halogens is 1. The average Bonchev–Trinajstić information content (AvgIpc) is 2.43. The van der Waals surface area contributed by atoms with Gasteiger partial charge in [0.25, 0.3) is 5.91 Å². The van der Waals surface area contributed by atoms with Gasteiger partial charge in [-0.1, -0.05) is 11.6 Å². The predicted molar refractivity (Wildman–Crippen MR) is 74.7 cm³/mol. The number of amides is 2. The number of ether oxygens (including phenoxy) is 1. The van der Waals surface area contributed by atoms with Gasteiger partial charge in [-0.15, -0.1) is 0 Å². The number of methoxy groups -OCH3 is 1. The maximum atomic E-state index is 11.7. The van der Waals surface area contributed by atoms with Gasteiger partial charge in [0.15, 0.2) is 0 Å². The van der Waals surface area contributed by atoms with Gasteiger partial charge in [-0.3, -0.25) is 9.59 Å². The molecule has 0 heterocycles. The Hall–Kier alpha value is -1.63. The number of aliphatic hydroxyl groups is 1. The summed E-state index contributed by atoms with van der Waals surface area (Å²) in [6.45, 7) is 0.0437. The molecule has 0 radical (unpaired) electrons. The van der Waals surface area contributed by atoms with Crippen molar-refractivity contribution in [1.82, 2.24) is 10.6 Å². The van der Waals surface area contributed by atoms with Gasteiger partial charge in [-0.25, -0.2) is 0 Å². The van der Waals surface area contributed by atoms with E-state index < -0.39 is 6.10 Å². The van der Waals surface area contributed by atoms with Crippen LogP contribution in [-0.4, -0.2) is 49.8 Å². The molecule has 0 fully saturated rings. The molecule has 3 N–H and O–H groups in total. The summed E-state index contributed by atoms with van der Waals surface area (Å²) in [5, 5.41) is 14.8. The number of hydrogen-bond acceptors (Lipinski definition) is 4. The molecule has 6 nitrogen and oxygen atoms in total. The molecule has 0 aliphatic heterocycles. The Morgan fingerprint density at radius 2 is 1.95 bits per heavy atom. The van der Waals surface area contributed by atoms with Crippen molar-refractivity contribution in [3.05, 3.63) is 34.9 Å². The molecule has 110 valence electrons. The van der Waals surface area contributed by atoms with Crippen molar-refractivity contribution < 1.29 is 19.4 Å². The van der Waals surface area contributed by atoms with Gasteiger partial charge in [0.2, 0.25) is 5.91 Å². The van der Waals surface area contributed by atoms with Crippen LogP contribution in [0.5, 0.6) is 0 Å². The van der Waals surface area contributed by atoms with E-state index in [2.05, 4.69) is 10.6 Å². The first-order valence-corrected chi connectivity index (χ1v) is 6.38. The zero-order chi connectivity index (χ0) is 15.0. The molecule has 1 unspecified atom stereocenters. The third kappa shape index (κ3) is 6.01. The fraction of sp³-hybridized carbons (Fsp3) is 0.385. The number of nitrogens with one attached hydrogen (secondary N) is 2. The van der Waals surface area contributed by atoms with Gasteiger partial charge in [-0.2, -0.15) is 0 Å². The van der Waals surface area contributed by atoms with Crippen LogP contribution >= 0.6 is 11.6 Å². The van der Waals surface area contributed by atoms with Crippen LogP contribution in [0.3, 0.4) is 0 Å². The normalized spacial score (nSPS) is 11.8. The predicted octanol–water partition coefficient (Wildman–Crippen LogP) is 0.193. The van der Waals surface area contributed by atoms with E-state index in [1.807, 2.05) is 0 Å². The first-order valence-electron chi connectivity index (χ1n) is 6.00. The van der Waals surface area contributed by atoms with Gasteiger partial charge in [-0.05, 0) is 24.3 Å². The summed E-state index contributed by atoms with van der Waals surface area (Å²) in [5.74, 6) is -0.753. The second kappa shape index (κ2) is 8.52. The third-order valence-corrected chi connectivity index (χ3v) is 2.66. The largest absolute Gasteiger partial charge is 0.389 e. The average molecular weight is 301 g/mol. The Morgan fingerprint density at radius 1 is 1.30 bits per heavy atom. The number of benzene rings is 1. The zero-order valence-electron chi connectivity index (χ0n) is 11.1. The van der Waals surface area contributed by atoms with Crippen LogP contribution in [0.15, 0.2) is 24.3 Å². The van der Waals surface area contributed by atoms with E-state index in [1.54, 1.807) is 24.3 Å². The van der Waals surface area contributed by atoms with E-state index in [9.17, 15) is 14.7 Å². The Labute approximate surface area is 122 Å². The molecule has 1 atom stereocenters. The van der Waals surface area contributed by atoms with Gasteiger partial charge >= 0.3 is 0 Å². The zero-order valence-corrected chi connectivity index (χ0v) is 11.8. The lowest BCUT2D eigenvalue weighted by Crippen LogP contribution is -2.40. The Kier molecular flexibility index (Phi) is 7.00. The molecule has 2 amide bonds. The van der Waals surface area contributed by atoms with Gasteiger partial charge in [0, 0.05) is 24.2 Å². The van der Waals surface area contributed by atoms with E-state index >= 15 is 0 Å². The van der Waals surface area contributed by atoms with Crippen LogP contribution in [0.2, 0.25) is 5.02 Å². The van der Waals surface area contributed by atoms with Crippen LogP contribution in [0.25, 0.3) is 0 Å². The Balaban J connectivity index is 2.30. The Bertz CT molecular complexity index is 450. The number of rotatable bonds is 7. The second-order valence-electron chi connectivity index (χ2n) is 4.10. The first kappa shape index (κ1) is 16.4. The summed E-state index contributed by atoms with van der Waals surface area (Å²) in [4.78, 5) is 23.1. The van der Waals surface area contributed by atoms with Crippen molar-refractivity contribution in [2.75, 3.05) is 26.8 Å². The first-order chi connectivity index (χ1) is 9.52. The number of hydrogen-bond donors (Lipinski definition) is 3. The highest BCUT2D eigenvalue weighted by atomic mass is 35.5. The van der Waals surface area contributed by atoms with Crippen LogP contribution < -0.4 is 10.6 Å². The van der Waals surface area contributed by atoms with Crippen LogP contribution in [0.1, 0.15) is 10.4 Å². The fourth-order valence-electron chi connectivity index (χ4n) is 1.41. The van der Waals surface area contributed by atoms with E-state index in [-0.39, 0.29) is 31.5 Å². The summed E-state index contributed by atoms with van der Waals surface area (Å²) in [5.41, 5.74) is 0.418. The number of aliphatic hydroxyl groups excluding tert-OH is 1. The smallest absolute Gasteiger partial charge is 0.251 e. The van der Waals surface area contributed by atoms with Crippen molar-refractivity contribution in [3.8, 4) is 0 Å². The van der Waals surface area contributed by atoms with Gasteiger partial charge in [0.05, 0.1) is 19.3 Å². The highest BCUT2D eigenvalue weighted by Crippen LogP contribution is 2.09. The maximum absolute atomic E-state index is 11.7. The summed E-state index contributed by atoms with van der Waals surface area (Å²) < 4.78 is 4.72. The monoisotopic (exact) mass is 300 g/mol. The molecule has 1 aromatic carbocycles. The standard InChI is InChI=1S/C13H17ClN2O4/c1-20-8-11(17)6-15-12(18)7-16-13(19)9-2-4-10(14)5-3-9/h2-5,11,17H,6-8H2,1H3,(H,15,18)(H,16,19). The van der Waals surface area contributed by atoms with E-state index in [1.165, 1.54) is 7.11 Å². The topological polar surface area (TPSA) is 87.7 Å². The van der Waals surface area contributed by atoms with Crippen molar-refractivity contribution in [2.45, 2.75) is 6.10 Å². The van der Waals surface area contributed by atoms with E-state index in [4.69, 9.17) is 16.3 Å². The summed E-state index contributed by atoms with van der Waals surface area (Å²) >= 11 is 5.71. The van der Waals surface area contributed by atoms with Crippen LogP contribution in [0.4, 0.5) is 0 Å². The minimum Gasteiger partial charge on any atom is -0.389 e. The molecule has 0 saturated heterocycles. The minimum atomic E-state index is -0.768. The lowest BCUT2D eigenvalue weighted by Gasteiger charge is -2.11. The SMILES string of the molecule is COCC(O)CNC(=O)CNC(=O)c1ccc(Cl)cc1. The van der Waals surface area contributed by atoms with E-state index in [0.717, 1.165) is 0 Å². The molecule has 0 aromatic heterocycles. The van der Waals surface area contributed by atoms with Crippen LogP contribution in [-0.2, 0) is 9.53 Å². The quantitative estimate of drug-likeness (QED) is 0.671. The van der Waals surface area contributed by atoms with Crippen LogP contribution in [0, 0.1) is 0 Å². The lowest BCUT2D eigenvalue weighted by atomic mass is 10.2. The lowest BCUT2D eigenvalue weighted by molar-refractivity contribution is -0.120. The number of carbonyl (C=O) groups is 2. The Morgan fingerprint density at radius 3 is 2.55 bits per heavy atom. The molecule has 7 heteroatoms. The van der Waals surface area contributed by atoms with E-state index in [0.29, 0.717) is 10.6 Å². The molecule has 0 saturated carbocycles. The molecule has 0 bridgehead atoms. The fourth-order valence-corrected chi connectivity index (χ4v) is 1.54. The summed E-state index contributed by atoms with van der Waals surface area (Å²) in [6.07, 6.45) is -0.768. The highest BCUT2D eigenvalue weighted by Gasteiger charge is 2.09. The molecule has 20 heavy (non-hydrogen) atoms. The van der Waals surface area contributed by atoms with Crippen molar-refractivity contribution in [2.24, 2.45) is 0 Å². The van der Waals surface area contributed by atoms with Crippen molar-refractivity contribution in [3.63, 3.8) is 0 Å². The molecule has 0 aliphatic rings. The van der Waals surface area contributed by atoms with Gasteiger partial charge < -0.3 is 20.5 Å². The van der Waals surface area contributed by atoms with Gasteiger partial charge in [0.1, 0.15) is 0 Å². The molecular formula is C13H17ClN2O4. The summed E-state index contributed by atoms with van der Waals surface area (Å²) in [6, 6.07) is 6.32. The minimum absolute atomic E-state index is 0.0729. The highest BCUT2D eigenvalue weighted by molar-refractivity contribution is 6.30. The third-order valence-electron chi connectivity index (χ3n) is 2.41. The number of carbonyl (C=O) groups excluding carboxylic acids is 2. The molecular weight excluding hydrogens is 284 g/mol. The molecule has 1 aromatic rings. The molecule has 0 aliphatic carbocycles. The summed E-state index contributed by atoms with van der Waals surface area (Å²) in [7, 11) is 1.46. The molecule has 0 spiro atoms. The van der Waals surface area contributed by atoms with Crippen molar-refractivity contribution in [1.29, 1.82) is 0 Å². The second-order valence-corrected chi connectivity index (χ2v) is 4.54. The molecule has 1 rings (SSSR count). The van der Waals surface area contributed by atoms with Crippen molar-refractivity contribution >= 4 is 23.4 Å². The maximum Gasteiger partial charge on any atom is 0.251 e.